The zero-order valence-corrected chi connectivity index (χ0v) is 14.2. The van der Waals surface area contributed by atoms with Crippen LogP contribution in [0.25, 0.3) is 0 Å². The van der Waals surface area contributed by atoms with E-state index in [0.717, 1.165) is 17.7 Å². The quantitative estimate of drug-likeness (QED) is 0.866. The standard InChI is InChI=1S/C16H23N3O3S/c1-13(12-23(21,22)18-10-7-17-8-11-18)16(20)19-9-6-14-4-2-3-5-15(14)19/h2-5,13,17H,6-12H2,1H3. The molecule has 6 nitrogen and oxygen atoms in total. The van der Waals surface area contributed by atoms with E-state index in [4.69, 9.17) is 0 Å². The zero-order valence-electron chi connectivity index (χ0n) is 13.4. The molecule has 0 saturated carbocycles. The molecule has 2 aliphatic heterocycles. The lowest BCUT2D eigenvalue weighted by Crippen LogP contribution is -2.48. The van der Waals surface area contributed by atoms with Crippen molar-refractivity contribution < 1.29 is 13.2 Å². The molecule has 1 amide bonds. The Morgan fingerprint density at radius 1 is 1.22 bits per heavy atom. The molecule has 0 aliphatic carbocycles. The number of nitrogens with one attached hydrogen (secondary N) is 1. The molecule has 1 saturated heterocycles. The van der Waals surface area contributed by atoms with Gasteiger partial charge >= 0.3 is 0 Å². The van der Waals surface area contributed by atoms with E-state index in [1.54, 1.807) is 11.8 Å². The number of anilines is 1. The number of para-hydroxylation sites is 1. The Kier molecular flexibility index (Phi) is 4.70. The van der Waals surface area contributed by atoms with Gasteiger partial charge in [-0.25, -0.2) is 8.42 Å². The lowest BCUT2D eigenvalue weighted by atomic mass is 10.1. The van der Waals surface area contributed by atoms with Crippen LogP contribution < -0.4 is 10.2 Å². The number of carbonyl (C=O) groups is 1. The predicted molar refractivity (Wildman–Crippen MR) is 89.9 cm³/mol. The molecule has 0 spiro atoms. The van der Waals surface area contributed by atoms with Crippen molar-refractivity contribution in [2.75, 3.05) is 43.4 Å². The van der Waals surface area contributed by atoms with Crippen LogP contribution in [0.15, 0.2) is 24.3 Å². The van der Waals surface area contributed by atoms with E-state index in [9.17, 15) is 13.2 Å². The van der Waals surface area contributed by atoms with Crippen molar-refractivity contribution in [3.05, 3.63) is 29.8 Å². The highest BCUT2D eigenvalue weighted by atomic mass is 32.2. The van der Waals surface area contributed by atoms with Gasteiger partial charge in [0.15, 0.2) is 0 Å². The first-order valence-corrected chi connectivity index (χ1v) is 9.68. The summed E-state index contributed by atoms with van der Waals surface area (Å²) < 4.78 is 26.5. The fraction of sp³-hybridized carbons (Fsp3) is 0.562. The van der Waals surface area contributed by atoms with Gasteiger partial charge in [-0.1, -0.05) is 25.1 Å². The van der Waals surface area contributed by atoms with Crippen LogP contribution in [-0.2, 0) is 21.2 Å². The zero-order chi connectivity index (χ0) is 16.4. The number of nitrogens with zero attached hydrogens (tertiary/aromatic N) is 2. The minimum atomic E-state index is -3.39. The number of hydrogen-bond donors (Lipinski definition) is 1. The molecular weight excluding hydrogens is 314 g/mol. The SMILES string of the molecule is CC(CS(=O)(=O)N1CCNCC1)C(=O)N1CCc2ccccc21. The van der Waals surface area contributed by atoms with Crippen LogP contribution >= 0.6 is 0 Å². The van der Waals surface area contributed by atoms with Crippen molar-refractivity contribution in [3.8, 4) is 0 Å². The van der Waals surface area contributed by atoms with Gasteiger partial charge in [0.05, 0.1) is 11.7 Å². The Balaban J connectivity index is 1.69. The maximum absolute atomic E-state index is 12.7. The third-order valence-corrected chi connectivity index (χ3v) is 6.58. The number of piperazine rings is 1. The predicted octanol–water partition coefficient (Wildman–Crippen LogP) is 0.447. The molecule has 1 atom stereocenters. The highest BCUT2D eigenvalue weighted by molar-refractivity contribution is 7.89. The number of sulfonamides is 1. The molecule has 3 rings (SSSR count). The minimum Gasteiger partial charge on any atom is -0.314 e. The van der Waals surface area contributed by atoms with Crippen LogP contribution in [0.3, 0.4) is 0 Å². The van der Waals surface area contributed by atoms with Crippen LogP contribution in [0, 0.1) is 5.92 Å². The summed E-state index contributed by atoms with van der Waals surface area (Å²) in [5, 5.41) is 3.14. The van der Waals surface area contributed by atoms with Crippen molar-refractivity contribution in [1.82, 2.24) is 9.62 Å². The summed E-state index contributed by atoms with van der Waals surface area (Å²) in [5.74, 6) is -0.764. The maximum atomic E-state index is 12.7. The molecule has 126 valence electrons. The molecular formula is C16H23N3O3S. The number of hydrogen-bond acceptors (Lipinski definition) is 4. The van der Waals surface area contributed by atoms with Gasteiger partial charge in [-0.2, -0.15) is 4.31 Å². The first kappa shape index (κ1) is 16.4. The highest BCUT2D eigenvalue weighted by Gasteiger charge is 2.33. The van der Waals surface area contributed by atoms with Gasteiger partial charge in [0, 0.05) is 38.4 Å². The summed E-state index contributed by atoms with van der Waals surface area (Å²) in [6, 6.07) is 7.82. The molecule has 0 aromatic heterocycles. The van der Waals surface area contributed by atoms with Crippen LogP contribution in [0.4, 0.5) is 5.69 Å². The lowest BCUT2D eigenvalue weighted by molar-refractivity contribution is -0.121. The number of amides is 1. The van der Waals surface area contributed by atoms with Gasteiger partial charge in [0.1, 0.15) is 0 Å². The first-order chi connectivity index (χ1) is 11.0. The monoisotopic (exact) mass is 337 g/mol. The van der Waals surface area contributed by atoms with Gasteiger partial charge in [-0.05, 0) is 18.1 Å². The van der Waals surface area contributed by atoms with Gasteiger partial charge in [-0.3, -0.25) is 4.79 Å². The second-order valence-electron chi connectivity index (χ2n) is 6.20. The fourth-order valence-corrected chi connectivity index (χ4v) is 4.97. The van der Waals surface area contributed by atoms with Gasteiger partial charge in [0.2, 0.25) is 15.9 Å². The fourth-order valence-electron chi connectivity index (χ4n) is 3.25. The largest absolute Gasteiger partial charge is 0.314 e. The summed E-state index contributed by atoms with van der Waals surface area (Å²) in [4.78, 5) is 14.4. The van der Waals surface area contributed by atoms with E-state index in [1.165, 1.54) is 4.31 Å². The van der Waals surface area contributed by atoms with Crippen molar-refractivity contribution >= 4 is 21.6 Å². The van der Waals surface area contributed by atoms with Crippen LogP contribution in [0.2, 0.25) is 0 Å². The Morgan fingerprint density at radius 2 is 1.91 bits per heavy atom. The molecule has 1 fully saturated rings. The van der Waals surface area contributed by atoms with E-state index in [1.807, 2.05) is 24.3 Å². The van der Waals surface area contributed by atoms with Crippen molar-refractivity contribution in [2.45, 2.75) is 13.3 Å². The summed E-state index contributed by atoms with van der Waals surface area (Å²) >= 11 is 0. The molecule has 0 bridgehead atoms. The number of rotatable bonds is 4. The summed E-state index contributed by atoms with van der Waals surface area (Å²) in [7, 11) is -3.39. The average molecular weight is 337 g/mol. The minimum absolute atomic E-state index is 0.103. The second kappa shape index (κ2) is 6.59. The Bertz CT molecular complexity index is 684. The summed E-state index contributed by atoms with van der Waals surface area (Å²) in [5.41, 5.74) is 2.07. The van der Waals surface area contributed by atoms with Crippen molar-refractivity contribution in [3.63, 3.8) is 0 Å². The van der Waals surface area contributed by atoms with Crippen LogP contribution in [-0.4, -0.2) is 57.1 Å². The molecule has 0 radical (unpaired) electrons. The van der Waals surface area contributed by atoms with Crippen molar-refractivity contribution in [2.24, 2.45) is 5.92 Å². The average Bonchev–Trinajstić information content (AvgIpc) is 2.98. The third-order valence-electron chi connectivity index (χ3n) is 4.50. The normalized spacial score (nSPS) is 20.3. The van der Waals surface area contributed by atoms with Gasteiger partial charge in [0.25, 0.3) is 0 Å². The van der Waals surface area contributed by atoms with Crippen LogP contribution in [0.5, 0.6) is 0 Å². The molecule has 1 aromatic rings. The molecule has 1 N–H and O–H groups in total. The topological polar surface area (TPSA) is 69.7 Å². The van der Waals surface area contributed by atoms with Crippen molar-refractivity contribution in [1.29, 1.82) is 0 Å². The lowest BCUT2D eigenvalue weighted by Gasteiger charge is -2.28. The van der Waals surface area contributed by atoms with E-state index in [0.29, 0.717) is 32.7 Å². The highest BCUT2D eigenvalue weighted by Crippen LogP contribution is 2.29. The smallest absolute Gasteiger partial charge is 0.230 e. The Hall–Kier alpha value is -1.44. The first-order valence-electron chi connectivity index (χ1n) is 8.07. The summed E-state index contributed by atoms with van der Waals surface area (Å²) in [6.45, 7) is 4.65. The maximum Gasteiger partial charge on any atom is 0.230 e. The van der Waals surface area contributed by atoms with E-state index in [-0.39, 0.29) is 11.7 Å². The molecule has 1 unspecified atom stereocenters. The third kappa shape index (κ3) is 3.41. The second-order valence-corrected chi connectivity index (χ2v) is 8.21. The van der Waals surface area contributed by atoms with E-state index in [2.05, 4.69) is 5.32 Å². The van der Waals surface area contributed by atoms with E-state index < -0.39 is 15.9 Å². The molecule has 2 heterocycles. The Morgan fingerprint density at radius 3 is 2.65 bits per heavy atom. The number of carbonyl (C=O) groups excluding carboxylic acids is 1. The molecule has 7 heteroatoms. The summed E-state index contributed by atoms with van der Waals surface area (Å²) in [6.07, 6.45) is 0.833. The molecule has 23 heavy (non-hydrogen) atoms. The van der Waals surface area contributed by atoms with Crippen LogP contribution in [0.1, 0.15) is 12.5 Å². The number of fused-ring (bicyclic) bond motifs is 1. The van der Waals surface area contributed by atoms with E-state index >= 15 is 0 Å². The number of benzene rings is 1. The van der Waals surface area contributed by atoms with Gasteiger partial charge in [-0.15, -0.1) is 0 Å². The molecule has 1 aromatic carbocycles. The molecule has 2 aliphatic rings. The van der Waals surface area contributed by atoms with Gasteiger partial charge < -0.3 is 10.2 Å². The Labute approximate surface area is 137 Å².